The standard InChI is InChI=1S/C11H15ClN2O3/c1-8(15)4-3-7-13-10-6-2-5-9(12)11(10)14(16)17/h2,5-6,8,13,15H,3-4,7H2,1H3. The Kier molecular flexibility index (Phi) is 5.18. The highest BCUT2D eigenvalue weighted by Gasteiger charge is 2.17. The monoisotopic (exact) mass is 258 g/mol. The zero-order chi connectivity index (χ0) is 12.8. The van der Waals surface area contributed by atoms with Crippen LogP contribution >= 0.6 is 11.6 Å². The molecule has 0 aromatic heterocycles. The Morgan fingerprint density at radius 2 is 2.29 bits per heavy atom. The summed E-state index contributed by atoms with van der Waals surface area (Å²) in [7, 11) is 0. The lowest BCUT2D eigenvalue weighted by Crippen LogP contribution is -2.08. The maximum atomic E-state index is 10.8. The SMILES string of the molecule is CC(O)CCCNc1cccc(Cl)c1[N+](=O)[O-]. The van der Waals surface area contributed by atoms with E-state index in [1.807, 2.05) is 0 Å². The van der Waals surface area contributed by atoms with Crippen LogP contribution in [0.2, 0.25) is 5.02 Å². The van der Waals surface area contributed by atoms with Crippen LogP contribution in [0.1, 0.15) is 19.8 Å². The third kappa shape index (κ3) is 4.20. The van der Waals surface area contributed by atoms with Gasteiger partial charge in [-0.3, -0.25) is 10.1 Å². The third-order valence-corrected chi connectivity index (χ3v) is 2.59. The number of hydrogen-bond acceptors (Lipinski definition) is 4. The van der Waals surface area contributed by atoms with Crippen molar-refractivity contribution in [2.24, 2.45) is 0 Å². The number of rotatable bonds is 6. The van der Waals surface area contributed by atoms with Crippen molar-refractivity contribution in [1.29, 1.82) is 0 Å². The largest absolute Gasteiger partial charge is 0.393 e. The van der Waals surface area contributed by atoms with E-state index in [0.717, 1.165) is 6.42 Å². The fraction of sp³-hybridized carbons (Fsp3) is 0.455. The molecule has 94 valence electrons. The van der Waals surface area contributed by atoms with Crippen LogP contribution in [0.25, 0.3) is 0 Å². The summed E-state index contributed by atoms with van der Waals surface area (Å²) in [5.41, 5.74) is 0.305. The molecule has 0 aliphatic heterocycles. The molecule has 0 bridgehead atoms. The number of nitro benzene ring substituents is 1. The summed E-state index contributed by atoms with van der Waals surface area (Å²) in [4.78, 5) is 10.3. The molecule has 0 saturated heterocycles. The summed E-state index contributed by atoms with van der Waals surface area (Å²) in [6.07, 6.45) is 1.04. The number of halogens is 1. The predicted octanol–water partition coefficient (Wildman–Crippen LogP) is 2.82. The van der Waals surface area contributed by atoms with E-state index in [4.69, 9.17) is 16.7 Å². The van der Waals surface area contributed by atoms with Crippen molar-refractivity contribution in [3.05, 3.63) is 33.3 Å². The van der Waals surface area contributed by atoms with Crippen molar-refractivity contribution in [1.82, 2.24) is 0 Å². The first-order valence-corrected chi connectivity index (χ1v) is 5.75. The Bertz CT molecular complexity index is 396. The molecule has 1 rings (SSSR count). The number of aliphatic hydroxyl groups excluding tert-OH is 1. The van der Waals surface area contributed by atoms with Gasteiger partial charge in [0, 0.05) is 6.54 Å². The summed E-state index contributed by atoms with van der Waals surface area (Å²) in [6, 6.07) is 4.76. The van der Waals surface area contributed by atoms with Gasteiger partial charge in [0.2, 0.25) is 0 Å². The Labute approximate surface area is 105 Å². The maximum absolute atomic E-state index is 10.8. The smallest absolute Gasteiger partial charge is 0.310 e. The maximum Gasteiger partial charge on any atom is 0.310 e. The molecule has 0 fully saturated rings. The summed E-state index contributed by atoms with van der Waals surface area (Å²) < 4.78 is 0. The van der Waals surface area contributed by atoms with Crippen LogP contribution in [0.15, 0.2) is 18.2 Å². The molecular formula is C11H15ClN2O3. The Hall–Kier alpha value is -1.33. The van der Waals surface area contributed by atoms with Crippen LogP contribution in [-0.4, -0.2) is 22.7 Å². The second kappa shape index (κ2) is 6.42. The van der Waals surface area contributed by atoms with Crippen molar-refractivity contribution >= 4 is 23.0 Å². The highest BCUT2D eigenvalue weighted by Crippen LogP contribution is 2.32. The Morgan fingerprint density at radius 3 is 2.88 bits per heavy atom. The Morgan fingerprint density at radius 1 is 1.59 bits per heavy atom. The number of nitro groups is 1. The quantitative estimate of drug-likeness (QED) is 0.467. The molecule has 0 aliphatic carbocycles. The van der Waals surface area contributed by atoms with Crippen LogP contribution < -0.4 is 5.32 Å². The van der Waals surface area contributed by atoms with E-state index in [2.05, 4.69) is 5.32 Å². The van der Waals surface area contributed by atoms with E-state index in [9.17, 15) is 10.1 Å². The first-order valence-electron chi connectivity index (χ1n) is 5.37. The second-order valence-electron chi connectivity index (χ2n) is 3.81. The van der Waals surface area contributed by atoms with Crippen molar-refractivity contribution in [3.8, 4) is 0 Å². The van der Waals surface area contributed by atoms with E-state index in [0.29, 0.717) is 18.7 Å². The normalized spacial score (nSPS) is 12.2. The van der Waals surface area contributed by atoms with E-state index >= 15 is 0 Å². The van der Waals surface area contributed by atoms with Gasteiger partial charge in [-0.2, -0.15) is 0 Å². The third-order valence-electron chi connectivity index (χ3n) is 2.28. The molecule has 0 radical (unpaired) electrons. The lowest BCUT2D eigenvalue weighted by Gasteiger charge is -2.08. The first kappa shape index (κ1) is 13.7. The molecule has 6 heteroatoms. The number of nitrogens with one attached hydrogen (secondary N) is 1. The summed E-state index contributed by atoms with van der Waals surface area (Å²) in [5.74, 6) is 0. The Balaban J connectivity index is 2.64. The van der Waals surface area contributed by atoms with Gasteiger partial charge >= 0.3 is 5.69 Å². The van der Waals surface area contributed by atoms with Crippen LogP contribution in [0.4, 0.5) is 11.4 Å². The van der Waals surface area contributed by atoms with Gasteiger partial charge in [0.05, 0.1) is 11.0 Å². The molecule has 0 spiro atoms. The van der Waals surface area contributed by atoms with Crippen LogP contribution in [0, 0.1) is 10.1 Å². The summed E-state index contributed by atoms with van der Waals surface area (Å²) >= 11 is 5.77. The zero-order valence-corrected chi connectivity index (χ0v) is 10.3. The molecule has 1 aromatic carbocycles. The fourth-order valence-electron chi connectivity index (χ4n) is 1.46. The lowest BCUT2D eigenvalue weighted by molar-refractivity contribution is -0.383. The highest BCUT2D eigenvalue weighted by atomic mass is 35.5. The van der Waals surface area contributed by atoms with E-state index < -0.39 is 4.92 Å². The van der Waals surface area contributed by atoms with Gasteiger partial charge in [0.15, 0.2) is 0 Å². The van der Waals surface area contributed by atoms with Gasteiger partial charge in [-0.25, -0.2) is 0 Å². The number of hydrogen-bond donors (Lipinski definition) is 2. The zero-order valence-electron chi connectivity index (χ0n) is 9.52. The average molecular weight is 259 g/mol. The van der Waals surface area contributed by atoms with Gasteiger partial charge in [0.1, 0.15) is 10.7 Å². The van der Waals surface area contributed by atoms with Gasteiger partial charge in [-0.15, -0.1) is 0 Å². The summed E-state index contributed by atoms with van der Waals surface area (Å²) in [6.45, 7) is 2.27. The number of benzene rings is 1. The van der Waals surface area contributed by atoms with Crippen LogP contribution in [-0.2, 0) is 0 Å². The second-order valence-corrected chi connectivity index (χ2v) is 4.22. The molecule has 2 N–H and O–H groups in total. The number of aliphatic hydroxyl groups is 1. The van der Waals surface area contributed by atoms with Crippen molar-refractivity contribution in [2.75, 3.05) is 11.9 Å². The molecule has 0 amide bonds. The molecule has 0 aliphatic rings. The molecule has 1 atom stereocenters. The first-order chi connectivity index (χ1) is 8.02. The molecule has 5 nitrogen and oxygen atoms in total. The van der Waals surface area contributed by atoms with Crippen LogP contribution in [0.5, 0.6) is 0 Å². The molecule has 1 unspecified atom stereocenters. The fourth-order valence-corrected chi connectivity index (χ4v) is 1.71. The number of anilines is 1. The molecule has 1 aromatic rings. The molecular weight excluding hydrogens is 244 g/mol. The number of para-hydroxylation sites is 1. The van der Waals surface area contributed by atoms with Crippen molar-refractivity contribution in [3.63, 3.8) is 0 Å². The predicted molar refractivity (Wildman–Crippen MR) is 67.5 cm³/mol. The van der Waals surface area contributed by atoms with Crippen LogP contribution in [0.3, 0.4) is 0 Å². The minimum atomic E-state index is -0.501. The molecule has 0 saturated carbocycles. The minimum absolute atomic E-state index is 0.105. The van der Waals surface area contributed by atoms with Crippen molar-refractivity contribution < 1.29 is 10.0 Å². The van der Waals surface area contributed by atoms with E-state index in [1.54, 1.807) is 19.1 Å². The topological polar surface area (TPSA) is 75.4 Å². The van der Waals surface area contributed by atoms with E-state index in [1.165, 1.54) is 6.07 Å². The minimum Gasteiger partial charge on any atom is -0.393 e. The number of nitrogens with zero attached hydrogens (tertiary/aromatic N) is 1. The van der Waals surface area contributed by atoms with E-state index in [-0.39, 0.29) is 16.8 Å². The molecule has 17 heavy (non-hydrogen) atoms. The van der Waals surface area contributed by atoms with Gasteiger partial charge in [0.25, 0.3) is 0 Å². The van der Waals surface area contributed by atoms with Gasteiger partial charge in [-0.1, -0.05) is 17.7 Å². The lowest BCUT2D eigenvalue weighted by atomic mass is 10.2. The van der Waals surface area contributed by atoms with Gasteiger partial charge in [-0.05, 0) is 31.9 Å². The van der Waals surface area contributed by atoms with Crippen molar-refractivity contribution in [2.45, 2.75) is 25.9 Å². The molecule has 0 heterocycles. The average Bonchev–Trinajstić information content (AvgIpc) is 2.23. The summed E-state index contributed by atoms with van der Waals surface area (Å²) in [5, 5.41) is 23.0. The highest BCUT2D eigenvalue weighted by molar-refractivity contribution is 6.33. The van der Waals surface area contributed by atoms with Gasteiger partial charge < -0.3 is 10.4 Å².